The summed E-state index contributed by atoms with van der Waals surface area (Å²) in [6.07, 6.45) is 2.04. The first-order chi connectivity index (χ1) is 13.3. The first-order valence-corrected chi connectivity index (χ1v) is 10.2. The Hall–Kier alpha value is -2.27. The minimum atomic E-state index is -0.184. The number of halogens is 1. The minimum absolute atomic E-state index is 0.00628. The molecule has 2 amide bonds. The Bertz CT molecular complexity index is 842. The molecule has 0 bridgehead atoms. The molecule has 150 valence electrons. The second-order valence-electron chi connectivity index (χ2n) is 7.88. The van der Waals surface area contributed by atoms with E-state index in [0.717, 1.165) is 17.8 Å². The van der Waals surface area contributed by atoms with E-state index in [1.165, 1.54) is 0 Å². The Balaban J connectivity index is 1.91. The van der Waals surface area contributed by atoms with Crippen molar-refractivity contribution in [1.29, 1.82) is 0 Å². The molecule has 0 N–H and O–H groups in total. The van der Waals surface area contributed by atoms with Crippen LogP contribution < -0.4 is 0 Å². The monoisotopic (exact) mass is 401 g/mol. The van der Waals surface area contributed by atoms with Gasteiger partial charge in [0.2, 0.25) is 11.8 Å². The molecule has 0 aliphatic carbocycles. The Morgan fingerprint density at radius 2 is 1.79 bits per heavy atom. The van der Waals surface area contributed by atoms with Gasteiger partial charge in [-0.05, 0) is 43.7 Å². The summed E-state index contributed by atoms with van der Waals surface area (Å²) >= 11 is 6.07. The summed E-state index contributed by atoms with van der Waals surface area (Å²) in [6.45, 7) is 9.09. The molecule has 0 radical (unpaired) electrons. The SMILES string of the molecule is CC(C)C(=O)N(CC(=O)N1CCn2cccc2C1c1ccc(Cl)cc1)C(C)C. The molecule has 28 heavy (non-hydrogen) atoms. The van der Waals surface area contributed by atoms with Crippen LogP contribution >= 0.6 is 11.6 Å². The molecule has 0 saturated heterocycles. The van der Waals surface area contributed by atoms with E-state index in [-0.39, 0.29) is 36.4 Å². The predicted molar refractivity (Wildman–Crippen MR) is 111 cm³/mol. The van der Waals surface area contributed by atoms with E-state index < -0.39 is 0 Å². The van der Waals surface area contributed by atoms with Crippen LogP contribution in [-0.4, -0.2) is 45.3 Å². The van der Waals surface area contributed by atoms with Crippen LogP contribution in [0.4, 0.5) is 0 Å². The van der Waals surface area contributed by atoms with Gasteiger partial charge in [0.25, 0.3) is 0 Å². The van der Waals surface area contributed by atoms with Crippen LogP contribution in [0.25, 0.3) is 0 Å². The predicted octanol–water partition coefficient (Wildman–Crippen LogP) is 3.97. The Kier molecular flexibility index (Phi) is 6.14. The molecule has 1 aromatic heterocycles. The van der Waals surface area contributed by atoms with Crippen molar-refractivity contribution in [3.8, 4) is 0 Å². The number of rotatable bonds is 5. The van der Waals surface area contributed by atoms with E-state index in [1.807, 2.05) is 69.1 Å². The second kappa shape index (κ2) is 8.39. The largest absolute Gasteiger partial charge is 0.348 e. The van der Waals surface area contributed by atoms with Gasteiger partial charge in [-0.2, -0.15) is 0 Å². The van der Waals surface area contributed by atoms with E-state index in [2.05, 4.69) is 10.6 Å². The van der Waals surface area contributed by atoms with E-state index in [9.17, 15) is 9.59 Å². The lowest BCUT2D eigenvalue weighted by Gasteiger charge is -2.39. The Morgan fingerprint density at radius 1 is 1.11 bits per heavy atom. The number of aromatic nitrogens is 1. The number of hydrogen-bond donors (Lipinski definition) is 0. The van der Waals surface area contributed by atoms with E-state index in [4.69, 9.17) is 11.6 Å². The molecule has 1 atom stereocenters. The molecule has 1 unspecified atom stereocenters. The highest BCUT2D eigenvalue weighted by molar-refractivity contribution is 6.30. The van der Waals surface area contributed by atoms with Crippen molar-refractivity contribution in [2.75, 3.05) is 13.1 Å². The number of amides is 2. The molecule has 1 aliphatic heterocycles. The number of nitrogens with zero attached hydrogens (tertiary/aromatic N) is 3. The zero-order valence-corrected chi connectivity index (χ0v) is 17.7. The van der Waals surface area contributed by atoms with Crippen molar-refractivity contribution in [3.05, 3.63) is 58.9 Å². The zero-order chi connectivity index (χ0) is 20.4. The fourth-order valence-electron chi connectivity index (χ4n) is 3.73. The van der Waals surface area contributed by atoms with Gasteiger partial charge in [-0.1, -0.05) is 37.6 Å². The highest BCUT2D eigenvalue weighted by Gasteiger charge is 2.34. The summed E-state index contributed by atoms with van der Waals surface area (Å²) in [5, 5.41) is 0.668. The van der Waals surface area contributed by atoms with Crippen LogP contribution in [0.3, 0.4) is 0 Å². The molecule has 6 heteroatoms. The number of benzene rings is 1. The molecule has 0 spiro atoms. The van der Waals surface area contributed by atoms with E-state index in [0.29, 0.717) is 11.6 Å². The average Bonchev–Trinajstić information content (AvgIpc) is 3.13. The first kappa shape index (κ1) is 20.5. The maximum absolute atomic E-state index is 13.3. The maximum atomic E-state index is 13.3. The quantitative estimate of drug-likeness (QED) is 0.761. The lowest BCUT2D eigenvalue weighted by molar-refractivity contribution is -0.145. The Labute approximate surface area is 171 Å². The normalized spacial score (nSPS) is 16.4. The smallest absolute Gasteiger partial charge is 0.243 e. The molecular formula is C22H28ClN3O2. The third kappa shape index (κ3) is 4.09. The molecule has 0 saturated carbocycles. The first-order valence-electron chi connectivity index (χ1n) is 9.80. The highest BCUT2D eigenvalue weighted by Crippen LogP contribution is 2.33. The van der Waals surface area contributed by atoms with Gasteiger partial charge in [0, 0.05) is 42.0 Å². The van der Waals surface area contributed by atoms with Crippen molar-refractivity contribution >= 4 is 23.4 Å². The van der Waals surface area contributed by atoms with Gasteiger partial charge < -0.3 is 14.4 Å². The van der Waals surface area contributed by atoms with Crippen molar-refractivity contribution in [2.45, 2.75) is 46.3 Å². The third-order valence-electron chi connectivity index (χ3n) is 5.25. The van der Waals surface area contributed by atoms with E-state index in [1.54, 1.807) is 4.90 Å². The molecule has 0 fully saturated rings. The average molecular weight is 402 g/mol. The van der Waals surface area contributed by atoms with Crippen LogP contribution in [-0.2, 0) is 16.1 Å². The number of hydrogen-bond acceptors (Lipinski definition) is 2. The van der Waals surface area contributed by atoms with Gasteiger partial charge in [0.1, 0.15) is 6.54 Å². The number of fused-ring (bicyclic) bond motifs is 1. The van der Waals surface area contributed by atoms with Crippen molar-refractivity contribution in [1.82, 2.24) is 14.4 Å². The van der Waals surface area contributed by atoms with Crippen LogP contribution in [0.5, 0.6) is 0 Å². The summed E-state index contributed by atoms with van der Waals surface area (Å²) in [7, 11) is 0. The Morgan fingerprint density at radius 3 is 2.39 bits per heavy atom. The van der Waals surface area contributed by atoms with Crippen molar-refractivity contribution < 1.29 is 9.59 Å². The van der Waals surface area contributed by atoms with Gasteiger partial charge >= 0.3 is 0 Å². The molecular weight excluding hydrogens is 374 g/mol. The van der Waals surface area contributed by atoms with Crippen LogP contribution in [0.1, 0.15) is 45.0 Å². The standard InChI is InChI=1S/C22H28ClN3O2/c1-15(2)22(28)26(16(3)4)14-20(27)25-13-12-24-11-5-6-19(24)21(25)17-7-9-18(23)10-8-17/h5-11,15-16,21H,12-14H2,1-4H3. The highest BCUT2D eigenvalue weighted by atomic mass is 35.5. The number of carbonyl (C=O) groups excluding carboxylic acids is 2. The van der Waals surface area contributed by atoms with Gasteiger partial charge in [-0.15, -0.1) is 0 Å². The summed E-state index contributed by atoms with van der Waals surface area (Å²) in [4.78, 5) is 29.5. The van der Waals surface area contributed by atoms with E-state index >= 15 is 0 Å². The fourth-order valence-corrected chi connectivity index (χ4v) is 3.86. The van der Waals surface area contributed by atoms with Gasteiger partial charge in [0.15, 0.2) is 0 Å². The van der Waals surface area contributed by atoms with Gasteiger partial charge in [-0.3, -0.25) is 9.59 Å². The van der Waals surface area contributed by atoms with Crippen molar-refractivity contribution in [3.63, 3.8) is 0 Å². The molecule has 1 aromatic carbocycles. The van der Waals surface area contributed by atoms with Gasteiger partial charge in [-0.25, -0.2) is 0 Å². The molecule has 5 nitrogen and oxygen atoms in total. The fraction of sp³-hybridized carbons (Fsp3) is 0.455. The van der Waals surface area contributed by atoms with Gasteiger partial charge in [0.05, 0.1) is 6.04 Å². The topological polar surface area (TPSA) is 45.6 Å². The summed E-state index contributed by atoms with van der Waals surface area (Å²) in [6, 6.07) is 11.5. The summed E-state index contributed by atoms with van der Waals surface area (Å²) in [5.41, 5.74) is 2.09. The lowest BCUT2D eigenvalue weighted by atomic mass is 9.99. The summed E-state index contributed by atoms with van der Waals surface area (Å²) < 4.78 is 2.18. The summed E-state index contributed by atoms with van der Waals surface area (Å²) in [5.74, 6) is -0.164. The molecule has 2 aromatic rings. The lowest BCUT2D eigenvalue weighted by Crippen LogP contribution is -2.50. The maximum Gasteiger partial charge on any atom is 0.243 e. The zero-order valence-electron chi connectivity index (χ0n) is 16.9. The minimum Gasteiger partial charge on any atom is -0.348 e. The van der Waals surface area contributed by atoms with Crippen LogP contribution in [0, 0.1) is 5.92 Å². The molecule has 3 rings (SSSR count). The molecule has 2 heterocycles. The van der Waals surface area contributed by atoms with Crippen molar-refractivity contribution in [2.24, 2.45) is 5.92 Å². The number of carbonyl (C=O) groups is 2. The third-order valence-corrected chi connectivity index (χ3v) is 5.50. The second-order valence-corrected chi connectivity index (χ2v) is 8.32. The van der Waals surface area contributed by atoms with Crippen LogP contribution in [0.2, 0.25) is 5.02 Å². The van der Waals surface area contributed by atoms with Crippen LogP contribution in [0.15, 0.2) is 42.6 Å². The molecule has 1 aliphatic rings.